The van der Waals surface area contributed by atoms with Crippen molar-refractivity contribution in [3.05, 3.63) is 0 Å². The zero-order valence-electron chi connectivity index (χ0n) is 13.1. The van der Waals surface area contributed by atoms with Gasteiger partial charge in [0, 0.05) is 37.2 Å². The molecule has 0 aromatic heterocycles. The third kappa shape index (κ3) is 2.44. The summed E-state index contributed by atoms with van der Waals surface area (Å²) in [6.07, 6.45) is 5.22. The maximum absolute atomic E-state index is 12.3. The summed E-state index contributed by atoms with van der Waals surface area (Å²) < 4.78 is 22.3. The Bertz CT molecular complexity index is 391. The Morgan fingerprint density at radius 1 is 1.10 bits per heavy atom. The second-order valence-electron chi connectivity index (χ2n) is 6.90. The normalized spacial score (nSPS) is 34.1. The first-order valence-corrected chi connectivity index (χ1v) is 7.94. The number of Topliss-reactive ketones (excluding diaryl/α,β-unsaturated/α-hetero) is 1. The van der Waals surface area contributed by atoms with Gasteiger partial charge in [0.25, 0.3) is 0 Å². The van der Waals surface area contributed by atoms with Crippen LogP contribution in [0, 0.1) is 10.8 Å². The standard InChI is InChI=1S/C16H26O5/c1-14(4-3-13(14)17)15(11-19-12-18-2)5-7-16(8-6-15)20-9-10-21-16/h3-12H2,1-2H3. The molecule has 2 saturated carbocycles. The molecule has 0 aromatic rings. The Kier molecular flexibility index (Phi) is 4.12. The Labute approximate surface area is 126 Å². The molecule has 3 aliphatic rings. The van der Waals surface area contributed by atoms with Crippen LogP contribution in [0.15, 0.2) is 0 Å². The number of carbonyl (C=O) groups is 1. The average molecular weight is 298 g/mol. The van der Waals surface area contributed by atoms with Crippen LogP contribution in [0.4, 0.5) is 0 Å². The van der Waals surface area contributed by atoms with Crippen molar-refractivity contribution in [3.8, 4) is 0 Å². The first-order chi connectivity index (χ1) is 10.1. The van der Waals surface area contributed by atoms with Crippen molar-refractivity contribution in [1.29, 1.82) is 0 Å². The van der Waals surface area contributed by atoms with Crippen molar-refractivity contribution in [2.75, 3.05) is 33.7 Å². The number of rotatable bonds is 5. The maximum Gasteiger partial charge on any atom is 0.168 e. The monoisotopic (exact) mass is 298 g/mol. The zero-order chi connectivity index (χ0) is 15.0. The molecule has 0 amide bonds. The minimum absolute atomic E-state index is 0.0958. The molecule has 1 spiro atoms. The summed E-state index contributed by atoms with van der Waals surface area (Å²) >= 11 is 0. The van der Waals surface area contributed by atoms with E-state index in [1.165, 1.54) is 0 Å². The van der Waals surface area contributed by atoms with Crippen LogP contribution >= 0.6 is 0 Å². The molecule has 21 heavy (non-hydrogen) atoms. The molecule has 1 heterocycles. The molecule has 120 valence electrons. The van der Waals surface area contributed by atoms with E-state index >= 15 is 0 Å². The largest absolute Gasteiger partial charge is 0.359 e. The minimum atomic E-state index is -0.395. The van der Waals surface area contributed by atoms with E-state index in [1.54, 1.807) is 7.11 Å². The predicted molar refractivity (Wildman–Crippen MR) is 75.7 cm³/mol. The molecule has 3 rings (SSSR count). The average Bonchev–Trinajstić information content (AvgIpc) is 2.96. The van der Waals surface area contributed by atoms with Gasteiger partial charge in [-0.15, -0.1) is 0 Å². The van der Waals surface area contributed by atoms with Crippen LogP contribution in [-0.2, 0) is 23.7 Å². The van der Waals surface area contributed by atoms with Gasteiger partial charge in [0.1, 0.15) is 12.6 Å². The van der Waals surface area contributed by atoms with Crippen LogP contribution in [0.25, 0.3) is 0 Å². The lowest BCUT2D eigenvalue weighted by atomic mass is 9.49. The van der Waals surface area contributed by atoms with Crippen molar-refractivity contribution < 1.29 is 23.7 Å². The van der Waals surface area contributed by atoms with E-state index in [0.29, 0.717) is 32.0 Å². The molecule has 0 bridgehead atoms. The molecule has 2 aliphatic carbocycles. The van der Waals surface area contributed by atoms with Crippen LogP contribution in [0.1, 0.15) is 45.4 Å². The highest BCUT2D eigenvalue weighted by Crippen LogP contribution is 2.59. The fourth-order valence-electron chi connectivity index (χ4n) is 4.23. The van der Waals surface area contributed by atoms with Gasteiger partial charge in [0.05, 0.1) is 19.8 Å². The molecule has 5 heteroatoms. The van der Waals surface area contributed by atoms with Crippen molar-refractivity contribution >= 4 is 5.78 Å². The Hall–Kier alpha value is -0.490. The molecular formula is C16H26O5. The van der Waals surface area contributed by atoms with Crippen molar-refractivity contribution in [2.24, 2.45) is 10.8 Å². The molecule has 1 atom stereocenters. The zero-order valence-corrected chi connectivity index (χ0v) is 13.1. The maximum atomic E-state index is 12.3. The van der Waals surface area contributed by atoms with Gasteiger partial charge in [-0.05, 0) is 19.3 Å². The highest BCUT2D eigenvalue weighted by molar-refractivity contribution is 5.91. The van der Waals surface area contributed by atoms with Crippen LogP contribution in [0.2, 0.25) is 0 Å². The number of carbonyl (C=O) groups excluding carboxylic acids is 1. The third-order valence-corrected chi connectivity index (χ3v) is 6.00. The number of ketones is 1. The van der Waals surface area contributed by atoms with Gasteiger partial charge in [-0.1, -0.05) is 6.92 Å². The summed E-state index contributed by atoms with van der Waals surface area (Å²) in [6, 6.07) is 0. The van der Waals surface area contributed by atoms with Crippen LogP contribution in [0.3, 0.4) is 0 Å². The van der Waals surface area contributed by atoms with E-state index < -0.39 is 5.79 Å². The van der Waals surface area contributed by atoms with E-state index in [2.05, 4.69) is 6.92 Å². The van der Waals surface area contributed by atoms with Crippen LogP contribution in [-0.4, -0.2) is 45.3 Å². The second kappa shape index (κ2) is 5.61. The van der Waals surface area contributed by atoms with Gasteiger partial charge in [-0.3, -0.25) is 4.79 Å². The van der Waals surface area contributed by atoms with Crippen LogP contribution in [0.5, 0.6) is 0 Å². The Balaban J connectivity index is 1.73. The Morgan fingerprint density at radius 2 is 1.76 bits per heavy atom. The topological polar surface area (TPSA) is 54.0 Å². The first-order valence-electron chi connectivity index (χ1n) is 7.94. The quantitative estimate of drug-likeness (QED) is 0.576. The third-order valence-electron chi connectivity index (χ3n) is 6.00. The van der Waals surface area contributed by atoms with E-state index in [9.17, 15) is 4.79 Å². The highest BCUT2D eigenvalue weighted by atomic mass is 16.7. The molecule has 0 N–H and O–H groups in total. The second-order valence-corrected chi connectivity index (χ2v) is 6.90. The lowest BCUT2D eigenvalue weighted by Crippen LogP contribution is -2.57. The number of hydrogen-bond donors (Lipinski definition) is 0. The molecule has 1 aliphatic heterocycles. The molecule has 1 saturated heterocycles. The summed E-state index contributed by atoms with van der Waals surface area (Å²) in [5.74, 6) is -0.0128. The van der Waals surface area contributed by atoms with Gasteiger partial charge < -0.3 is 18.9 Å². The number of ether oxygens (including phenoxy) is 4. The molecule has 1 unspecified atom stereocenters. The van der Waals surface area contributed by atoms with E-state index in [1.807, 2.05) is 0 Å². The lowest BCUT2D eigenvalue weighted by molar-refractivity contribution is -0.220. The van der Waals surface area contributed by atoms with Crippen molar-refractivity contribution in [3.63, 3.8) is 0 Å². The van der Waals surface area contributed by atoms with Crippen molar-refractivity contribution in [2.45, 2.75) is 51.2 Å². The fourth-order valence-corrected chi connectivity index (χ4v) is 4.23. The number of hydrogen-bond acceptors (Lipinski definition) is 5. The summed E-state index contributed by atoms with van der Waals surface area (Å²) in [6.45, 7) is 4.35. The highest BCUT2D eigenvalue weighted by Gasteiger charge is 2.60. The molecule has 0 radical (unpaired) electrons. The molecule has 5 nitrogen and oxygen atoms in total. The Morgan fingerprint density at radius 3 is 2.24 bits per heavy atom. The summed E-state index contributed by atoms with van der Waals surface area (Å²) in [5, 5.41) is 0. The summed E-state index contributed by atoms with van der Waals surface area (Å²) in [4.78, 5) is 12.3. The molecular weight excluding hydrogens is 272 g/mol. The van der Waals surface area contributed by atoms with Gasteiger partial charge in [-0.2, -0.15) is 0 Å². The van der Waals surface area contributed by atoms with E-state index in [-0.39, 0.29) is 17.6 Å². The van der Waals surface area contributed by atoms with E-state index in [4.69, 9.17) is 18.9 Å². The van der Waals surface area contributed by atoms with Crippen LogP contribution < -0.4 is 0 Å². The SMILES string of the molecule is COCOCC1(C2(C)CCC2=O)CCC2(CC1)OCCO2. The minimum Gasteiger partial charge on any atom is -0.359 e. The van der Waals surface area contributed by atoms with E-state index in [0.717, 1.165) is 32.1 Å². The number of methoxy groups -OCH3 is 1. The first kappa shape index (κ1) is 15.4. The van der Waals surface area contributed by atoms with Crippen molar-refractivity contribution in [1.82, 2.24) is 0 Å². The van der Waals surface area contributed by atoms with Gasteiger partial charge in [-0.25, -0.2) is 0 Å². The summed E-state index contributed by atoms with van der Waals surface area (Å²) in [5.41, 5.74) is -0.345. The van der Waals surface area contributed by atoms with Gasteiger partial charge in [0.15, 0.2) is 5.79 Å². The fraction of sp³-hybridized carbons (Fsp3) is 0.938. The molecule has 0 aromatic carbocycles. The predicted octanol–water partition coefficient (Wildman–Crippen LogP) is 2.28. The summed E-state index contributed by atoms with van der Waals surface area (Å²) in [7, 11) is 1.62. The smallest absolute Gasteiger partial charge is 0.168 e. The lowest BCUT2D eigenvalue weighted by Gasteiger charge is -2.56. The van der Waals surface area contributed by atoms with Gasteiger partial charge >= 0.3 is 0 Å². The molecule has 3 fully saturated rings. The van der Waals surface area contributed by atoms with Gasteiger partial charge in [0.2, 0.25) is 0 Å².